The van der Waals surface area contributed by atoms with Gasteiger partial charge in [-0.1, -0.05) is 81.4 Å². The van der Waals surface area contributed by atoms with Crippen molar-refractivity contribution in [2.75, 3.05) is 5.32 Å². The molecule has 4 nitrogen and oxygen atoms in total. The molecule has 1 heterocycles. The van der Waals surface area contributed by atoms with Crippen LogP contribution in [0.3, 0.4) is 0 Å². The van der Waals surface area contributed by atoms with Crippen LogP contribution in [0.4, 0.5) is 5.69 Å². The summed E-state index contributed by atoms with van der Waals surface area (Å²) in [5.41, 5.74) is 4.29. The summed E-state index contributed by atoms with van der Waals surface area (Å²) in [6, 6.07) is 21.8. The van der Waals surface area contributed by atoms with E-state index in [1.54, 1.807) is 36.4 Å². The van der Waals surface area contributed by atoms with Crippen molar-refractivity contribution < 1.29 is 13.2 Å². The van der Waals surface area contributed by atoms with Gasteiger partial charge in [0.2, 0.25) is 0 Å². The van der Waals surface area contributed by atoms with E-state index < -0.39 is 15.1 Å². The zero-order valence-corrected chi connectivity index (χ0v) is 18.5. The molecule has 1 aliphatic carbocycles. The summed E-state index contributed by atoms with van der Waals surface area (Å²) in [7, 11) is -3.87. The first-order valence-corrected chi connectivity index (χ1v) is 11.8. The smallest absolute Gasteiger partial charge is 0.193 e. The highest BCUT2D eigenvalue weighted by Crippen LogP contribution is 2.49. The van der Waals surface area contributed by atoms with Crippen molar-refractivity contribution in [3.8, 4) is 0 Å². The molecule has 0 unspecified atom stereocenters. The van der Waals surface area contributed by atoms with E-state index in [0.717, 1.165) is 11.1 Å². The fourth-order valence-corrected chi connectivity index (χ4v) is 6.42. The number of sulfone groups is 1. The van der Waals surface area contributed by atoms with Gasteiger partial charge in [0, 0.05) is 16.7 Å². The normalized spacial score (nSPS) is 19.2. The Balaban J connectivity index is 1.79. The number of carbonyl (C=O) groups excluding carboxylic acids is 1. The van der Waals surface area contributed by atoms with Crippen LogP contribution in [-0.4, -0.2) is 14.2 Å². The number of benzene rings is 3. The van der Waals surface area contributed by atoms with Crippen LogP contribution in [0.1, 0.15) is 53.1 Å². The minimum Gasteiger partial charge on any atom is -0.354 e. The summed E-state index contributed by atoms with van der Waals surface area (Å²) in [5.74, 6) is -0.237. The van der Waals surface area contributed by atoms with Crippen LogP contribution in [0, 0.1) is 0 Å². The van der Waals surface area contributed by atoms with Crippen LogP contribution in [0.25, 0.3) is 5.70 Å². The molecule has 0 radical (unpaired) electrons. The minimum absolute atomic E-state index is 0.0567. The number of anilines is 1. The van der Waals surface area contributed by atoms with Crippen LogP contribution in [0.15, 0.2) is 83.3 Å². The molecule has 0 saturated carbocycles. The van der Waals surface area contributed by atoms with Crippen LogP contribution >= 0.6 is 0 Å². The minimum atomic E-state index is -3.87. The Morgan fingerprint density at radius 1 is 0.806 bits per heavy atom. The van der Waals surface area contributed by atoms with E-state index >= 15 is 0 Å². The van der Waals surface area contributed by atoms with Crippen molar-refractivity contribution in [1.29, 1.82) is 0 Å². The summed E-state index contributed by atoms with van der Waals surface area (Å²) in [4.78, 5) is 13.7. The number of hydrogen-bond donors (Lipinski definition) is 1. The number of para-hydroxylation sites is 1. The molecule has 31 heavy (non-hydrogen) atoms. The molecular formula is C26H23NO3S. The molecule has 1 atom stereocenters. The molecule has 156 valence electrons. The summed E-state index contributed by atoms with van der Waals surface area (Å²) in [5, 5.41) is 2.20. The Labute approximate surface area is 182 Å². The number of fused-ring (bicyclic) bond motifs is 3. The fraction of sp³-hybridized carbons (Fsp3) is 0.192. The summed E-state index contributed by atoms with van der Waals surface area (Å²) in [6.07, 6.45) is 0. The lowest BCUT2D eigenvalue weighted by Gasteiger charge is -2.22. The van der Waals surface area contributed by atoms with Gasteiger partial charge in [-0.25, -0.2) is 8.42 Å². The Kier molecular flexibility index (Phi) is 4.25. The molecule has 0 amide bonds. The zero-order valence-electron chi connectivity index (χ0n) is 17.6. The Bertz CT molecular complexity index is 1360. The lowest BCUT2D eigenvalue weighted by molar-refractivity contribution is 0.103. The molecule has 0 fully saturated rings. The van der Waals surface area contributed by atoms with Gasteiger partial charge < -0.3 is 5.32 Å². The van der Waals surface area contributed by atoms with Crippen molar-refractivity contribution in [2.45, 2.75) is 36.3 Å². The average Bonchev–Trinajstić information content (AvgIpc) is 2.94. The van der Waals surface area contributed by atoms with Crippen LogP contribution in [0.5, 0.6) is 0 Å². The predicted molar refractivity (Wildman–Crippen MR) is 123 cm³/mol. The highest BCUT2D eigenvalue weighted by molar-refractivity contribution is 7.92. The predicted octanol–water partition coefficient (Wildman–Crippen LogP) is 5.53. The maximum Gasteiger partial charge on any atom is 0.193 e. The third kappa shape index (κ3) is 2.95. The van der Waals surface area contributed by atoms with Crippen molar-refractivity contribution in [1.82, 2.24) is 0 Å². The third-order valence-corrected chi connectivity index (χ3v) is 8.16. The van der Waals surface area contributed by atoms with Gasteiger partial charge in [0.25, 0.3) is 0 Å². The molecule has 0 bridgehead atoms. The van der Waals surface area contributed by atoms with Gasteiger partial charge in [0.05, 0.1) is 16.3 Å². The maximum atomic E-state index is 13.9. The first-order chi connectivity index (χ1) is 14.7. The largest absolute Gasteiger partial charge is 0.354 e. The second kappa shape index (κ2) is 6.66. The molecule has 1 N–H and O–H groups in total. The number of Topliss-reactive ketones (excluding diaryl/α,β-unsaturated/α-hetero) is 1. The molecular weight excluding hydrogens is 406 g/mol. The highest BCUT2D eigenvalue weighted by atomic mass is 32.2. The first-order valence-electron chi connectivity index (χ1n) is 10.3. The van der Waals surface area contributed by atoms with Gasteiger partial charge in [-0.2, -0.15) is 0 Å². The van der Waals surface area contributed by atoms with E-state index in [9.17, 15) is 13.2 Å². The van der Waals surface area contributed by atoms with Gasteiger partial charge in [-0.05, 0) is 28.7 Å². The molecule has 1 aliphatic heterocycles. The SMILES string of the molecule is CC(C)(C)c1ccc([C@H]2C3=C(Nc4ccccc4S2(=O)=O)c2ccccc2C3=O)cc1. The zero-order chi connectivity index (χ0) is 22.0. The summed E-state index contributed by atoms with van der Waals surface area (Å²) >= 11 is 0. The highest BCUT2D eigenvalue weighted by Gasteiger charge is 2.45. The molecule has 3 aromatic rings. The monoisotopic (exact) mass is 429 g/mol. The topological polar surface area (TPSA) is 63.2 Å². The summed E-state index contributed by atoms with van der Waals surface area (Å²) < 4.78 is 27.8. The van der Waals surface area contributed by atoms with Crippen molar-refractivity contribution in [3.05, 3.63) is 101 Å². The van der Waals surface area contributed by atoms with Crippen LogP contribution < -0.4 is 5.32 Å². The lowest BCUT2D eigenvalue weighted by Crippen LogP contribution is -2.19. The quantitative estimate of drug-likeness (QED) is 0.552. The molecule has 5 heteroatoms. The molecule has 0 saturated heterocycles. The van der Waals surface area contributed by atoms with E-state index in [1.165, 1.54) is 0 Å². The van der Waals surface area contributed by atoms with E-state index in [1.807, 2.05) is 36.4 Å². The fourth-order valence-electron chi connectivity index (χ4n) is 4.43. The van der Waals surface area contributed by atoms with Gasteiger partial charge in [-0.3, -0.25) is 4.79 Å². The van der Waals surface area contributed by atoms with E-state index in [-0.39, 0.29) is 16.1 Å². The number of carbonyl (C=O) groups is 1. The van der Waals surface area contributed by atoms with Gasteiger partial charge in [0.15, 0.2) is 15.6 Å². The van der Waals surface area contributed by atoms with Crippen molar-refractivity contribution in [2.24, 2.45) is 0 Å². The van der Waals surface area contributed by atoms with E-state index in [0.29, 0.717) is 28.1 Å². The van der Waals surface area contributed by atoms with Crippen LogP contribution in [-0.2, 0) is 15.3 Å². The lowest BCUT2D eigenvalue weighted by atomic mass is 9.86. The van der Waals surface area contributed by atoms with Gasteiger partial charge in [0.1, 0.15) is 5.25 Å². The van der Waals surface area contributed by atoms with Gasteiger partial charge in [-0.15, -0.1) is 0 Å². The Morgan fingerprint density at radius 2 is 1.42 bits per heavy atom. The van der Waals surface area contributed by atoms with Crippen molar-refractivity contribution in [3.63, 3.8) is 0 Å². The second-order valence-electron chi connectivity index (χ2n) is 9.08. The van der Waals surface area contributed by atoms with E-state index in [4.69, 9.17) is 0 Å². The Hall–Kier alpha value is -3.18. The standard InChI is InChI=1S/C26H23NO3S/c1-26(2,3)17-14-12-16(13-15-17)25-22-23(18-8-4-5-9-19(18)24(22)28)27-20-10-6-7-11-21(20)31(25,29)30/h4-15,25,27H,1-3H3/t25-/m0/s1. The van der Waals surface area contributed by atoms with Gasteiger partial charge >= 0.3 is 0 Å². The number of nitrogens with one attached hydrogen (secondary N) is 1. The molecule has 3 aromatic carbocycles. The average molecular weight is 430 g/mol. The molecule has 5 rings (SSSR count). The van der Waals surface area contributed by atoms with Crippen LogP contribution in [0.2, 0.25) is 0 Å². The second-order valence-corrected chi connectivity index (χ2v) is 11.1. The van der Waals surface area contributed by atoms with Crippen molar-refractivity contribution >= 4 is 27.0 Å². The number of ketones is 1. The van der Waals surface area contributed by atoms with E-state index in [2.05, 4.69) is 26.1 Å². The molecule has 0 aromatic heterocycles. The number of hydrogen-bond acceptors (Lipinski definition) is 4. The Morgan fingerprint density at radius 3 is 2.10 bits per heavy atom. The first kappa shape index (κ1) is 19.8. The maximum absolute atomic E-state index is 13.9. The molecule has 2 aliphatic rings. The number of rotatable bonds is 1. The molecule has 0 spiro atoms. The third-order valence-electron chi connectivity index (χ3n) is 6.06. The summed E-state index contributed by atoms with van der Waals surface area (Å²) in [6.45, 7) is 6.34.